The van der Waals surface area contributed by atoms with E-state index in [0.29, 0.717) is 17.4 Å². The van der Waals surface area contributed by atoms with E-state index in [0.717, 1.165) is 28.1 Å². The van der Waals surface area contributed by atoms with E-state index in [4.69, 9.17) is 14.2 Å². The molecule has 6 nitrogen and oxygen atoms in total. The molecule has 1 N–H and O–H groups in total. The number of aromatic nitrogens is 3. The molecule has 34 heavy (non-hydrogen) atoms. The number of hydrogen-bond donors (Lipinski definition) is 1. The summed E-state index contributed by atoms with van der Waals surface area (Å²) in [5, 5.41) is 14.1. The van der Waals surface area contributed by atoms with Crippen LogP contribution in [0, 0.1) is 5.92 Å². The van der Waals surface area contributed by atoms with E-state index in [1.807, 2.05) is 24.4 Å². The summed E-state index contributed by atoms with van der Waals surface area (Å²) in [5.74, 6) is 1.63. The predicted molar refractivity (Wildman–Crippen MR) is 132 cm³/mol. The third-order valence-corrected chi connectivity index (χ3v) is 6.64. The molecule has 0 spiro atoms. The van der Waals surface area contributed by atoms with Crippen molar-refractivity contribution in [2.24, 2.45) is 5.92 Å². The zero-order valence-electron chi connectivity index (χ0n) is 20.5. The summed E-state index contributed by atoms with van der Waals surface area (Å²) in [6, 6.07) is 16.3. The van der Waals surface area contributed by atoms with E-state index < -0.39 is 5.60 Å². The molecule has 0 bridgehead atoms. The largest absolute Gasteiger partial charge is 0.495 e. The first-order valence-corrected chi connectivity index (χ1v) is 11.4. The first-order chi connectivity index (χ1) is 16.1. The maximum absolute atomic E-state index is 10.2. The Balaban J connectivity index is 1.65. The van der Waals surface area contributed by atoms with Crippen molar-refractivity contribution in [2.75, 3.05) is 7.11 Å². The van der Waals surface area contributed by atoms with Crippen LogP contribution in [-0.4, -0.2) is 27.3 Å². The predicted octanol–water partition coefficient (Wildman–Crippen LogP) is 6.00. The summed E-state index contributed by atoms with van der Waals surface area (Å²) in [4.78, 5) is 9.09. The van der Waals surface area contributed by atoms with Gasteiger partial charge in [-0.1, -0.05) is 43.3 Å². The Morgan fingerprint density at radius 1 is 0.853 bits per heavy atom. The average molecular weight is 458 g/mol. The van der Waals surface area contributed by atoms with E-state index in [1.54, 1.807) is 39.4 Å². The van der Waals surface area contributed by atoms with Crippen LogP contribution in [0.1, 0.15) is 51.6 Å². The van der Waals surface area contributed by atoms with Gasteiger partial charge >= 0.3 is 0 Å². The van der Waals surface area contributed by atoms with Gasteiger partial charge in [-0.15, -0.1) is 0 Å². The topological polar surface area (TPSA) is 81.3 Å². The Labute approximate surface area is 200 Å². The molecular formula is C28H31N3O3. The van der Waals surface area contributed by atoms with Crippen LogP contribution in [-0.2, 0) is 11.0 Å². The van der Waals surface area contributed by atoms with Gasteiger partial charge in [0, 0.05) is 35.0 Å². The van der Waals surface area contributed by atoms with Crippen molar-refractivity contribution in [1.29, 1.82) is 0 Å². The van der Waals surface area contributed by atoms with Gasteiger partial charge in [-0.2, -0.15) is 0 Å². The summed E-state index contributed by atoms with van der Waals surface area (Å²) < 4.78 is 10.8. The van der Waals surface area contributed by atoms with Crippen LogP contribution in [0.5, 0.6) is 5.75 Å². The molecule has 0 saturated carbocycles. The standard InChI is InChI=1S/C28H31N3O3/c1-18(2)28(5,22-10-7-19(8-11-22)21-13-23(33-6)17-29-15-21)25-12-9-20(16-30-25)24-14-26(31-34-24)27(3,4)32/h7-18,32H,1-6H3/t28-/m1/s1. The molecule has 0 saturated heterocycles. The minimum atomic E-state index is -1.06. The fourth-order valence-electron chi connectivity index (χ4n) is 4.02. The number of ether oxygens (including phenoxy) is 1. The maximum Gasteiger partial charge on any atom is 0.168 e. The fourth-order valence-corrected chi connectivity index (χ4v) is 4.02. The van der Waals surface area contributed by atoms with Gasteiger partial charge in [0.25, 0.3) is 0 Å². The molecule has 0 aliphatic heterocycles. The maximum atomic E-state index is 10.2. The van der Waals surface area contributed by atoms with Crippen molar-refractivity contribution in [3.05, 3.63) is 84.1 Å². The van der Waals surface area contributed by atoms with Crippen molar-refractivity contribution >= 4 is 0 Å². The van der Waals surface area contributed by atoms with E-state index >= 15 is 0 Å². The molecule has 1 aromatic carbocycles. The zero-order chi connectivity index (χ0) is 24.5. The highest BCUT2D eigenvalue weighted by atomic mass is 16.5. The van der Waals surface area contributed by atoms with Gasteiger partial charge in [-0.05, 0) is 56.0 Å². The zero-order valence-corrected chi connectivity index (χ0v) is 20.5. The van der Waals surface area contributed by atoms with Crippen LogP contribution < -0.4 is 4.74 Å². The highest BCUT2D eigenvalue weighted by Gasteiger charge is 2.34. The number of nitrogens with zero attached hydrogens (tertiary/aromatic N) is 3. The van der Waals surface area contributed by atoms with Crippen LogP contribution in [0.3, 0.4) is 0 Å². The highest BCUT2D eigenvalue weighted by molar-refractivity contribution is 5.65. The molecule has 0 aliphatic rings. The number of hydrogen-bond acceptors (Lipinski definition) is 6. The lowest BCUT2D eigenvalue weighted by atomic mass is 9.70. The van der Waals surface area contributed by atoms with Gasteiger partial charge < -0.3 is 14.4 Å². The second-order valence-electron chi connectivity index (χ2n) is 9.62. The lowest BCUT2D eigenvalue weighted by Gasteiger charge is -2.34. The minimum absolute atomic E-state index is 0.288. The molecule has 1 atom stereocenters. The summed E-state index contributed by atoms with van der Waals surface area (Å²) in [7, 11) is 1.64. The molecule has 3 heterocycles. The van der Waals surface area contributed by atoms with Crippen molar-refractivity contribution < 1.29 is 14.4 Å². The van der Waals surface area contributed by atoms with Gasteiger partial charge in [0.1, 0.15) is 17.0 Å². The summed E-state index contributed by atoms with van der Waals surface area (Å²) in [5.41, 5.74) is 4.22. The Bertz CT molecular complexity index is 1260. The Morgan fingerprint density at radius 2 is 1.56 bits per heavy atom. The van der Waals surface area contributed by atoms with E-state index in [9.17, 15) is 5.11 Å². The fraction of sp³-hybridized carbons (Fsp3) is 0.321. The normalized spacial score (nSPS) is 13.6. The summed E-state index contributed by atoms with van der Waals surface area (Å²) in [6.07, 6.45) is 5.35. The summed E-state index contributed by atoms with van der Waals surface area (Å²) >= 11 is 0. The number of pyridine rings is 2. The van der Waals surface area contributed by atoms with Crippen molar-refractivity contribution in [2.45, 2.75) is 45.6 Å². The first kappa shape index (κ1) is 23.6. The molecule has 0 radical (unpaired) electrons. The second kappa shape index (κ2) is 9.03. The highest BCUT2D eigenvalue weighted by Crippen LogP contribution is 2.39. The van der Waals surface area contributed by atoms with Crippen molar-refractivity contribution in [3.63, 3.8) is 0 Å². The van der Waals surface area contributed by atoms with Crippen LogP contribution in [0.25, 0.3) is 22.5 Å². The number of rotatable bonds is 7. The van der Waals surface area contributed by atoms with Crippen LogP contribution >= 0.6 is 0 Å². The molecule has 176 valence electrons. The third-order valence-electron chi connectivity index (χ3n) is 6.64. The van der Waals surface area contributed by atoms with Gasteiger partial charge in [0.2, 0.25) is 0 Å². The van der Waals surface area contributed by atoms with Gasteiger partial charge in [0.05, 0.1) is 19.0 Å². The van der Waals surface area contributed by atoms with Gasteiger partial charge in [-0.25, -0.2) is 0 Å². The summed E-state index contributed by atoms with van der Waals surface area (Å²) in [6.45, 7) is 10.0. The number of aliphatic hydroxyl groups is 1. The van der Waals surface area contributed by atoms with Crippen LogP contribution in [0.15, 0.2) is 71.6 Å². The lowest BCUT2D eigenvalue weighted by Crippen LogP contribution is -2.31. The van der Waals surface area contributed by atoms with E-state index in [1.165, 1.54) is 5.56 Å². The molecule has 6 heteroatoms. The smallest absolute Gasteiger partial charge is 0.168 e. The molecule has 4 aromatic rings. The molecule has 0 aliphatic carbocycles. The third kappa shape index (κ3) is 4.46. The molecular weight excluding hydrogens is 426 g/mol. The molecule has 3 aromatic heterocycles. The quantitative estimate of drug-likeness (QED) is 0.367. The lowest BCUT2D eigenvalue weighted by molar-refractivity contribution is 0.0701. The van der Waals surface area contributed by atoms with Crippen LogP contribution in [0.4, 0.5) is 0 Å². The molecule has 0 amide bonds. The average Bonchev–Trinajstić information content (AvgIpc) is 3.35. The minimum Gasteiger partial charge on any atom is -0.495 e. The SMILES string of the molecule is COc1cncc(-c2ccc([C@](C)(c3ccc(-c4cc(C(C)(C)O)no4)cn3)C(C)C)cc2)c1. The molecule has 0 unspecified atom stereocenters. The second-order valence-corrected chi connectivity index (χ2v) is 9.62. The molecule has 4 rings (SSSR count). The van der Waals surface area contributed by atoms with Gasteiger partial charge in [0.15, 0.2) is 5.76 Å². The van der Waals surface area contributed by atoms with Crippen LogP contribution in [0.2, 0.25) is 0 Å². The Hall–Kier alpha value is -3.51. The monoisotopic (exact) mass is 457 g/mol. The first-order valence-electron chi connectivity index (χ1n) is 11.4. The number of benzene rings is 1. The Morgan fingerprint density at radius 3 is 2.12 bits per heavy atom. The van der Waals surface area contributed by atoms with E-state index in [-0.39, 0.29) is 5.41 Å². The van der Waals surface area contributed by atoms with Crippen molar-refractivity contribution in [1.82, 2.24) is 15.1 Å². The van der Waals surface area contributed by atoms with E-state index in [2.05, 4.69) is 55.2 Å². The van der Waals surface area contributed by atoms with Gasteiger partial charge in [-0.3, -0.25) is 9.97 Å². The number of methoxy groups -OCH3 is 1. The Kier molecular flexibility index (Phi) is 6.28. The van der Waals surface area contributed by atoms with Crippen molar-refractivity contribution in [3.8, 4) is 28.2 Å². The molecule has 0 fully saturated rings.